The van der Waals surface area contributed by atoms with E-state index in [0.29, 0.717) is 21.0 Å². The number of halogens is 3. The Kier molecular flexibility index (Phi) is 3.64. The molecule has 1 N–H and O–H groups in total. The molecule has 0 radical (unpaired) electrons. The maximum absolute atomic E-state index is 13.5. The van der Waals surface area contributed by atoms with Gasteiger partial charge in [0.05, 0.1) is 15.2 Å². The highest BCUT2D eigenvalue weighted by atomic mass is 79.9. The monoisotopic (exact) mass is 314 g/mol. The minimum Gasteiger partial charge on any atom is -0.337 e. The number of pyridine rings is 1. The lowest BCUT2D eigenvalue weighted by atomic mass is 10.2. The van der Waals surface area contributed by atoms with Crippen molar-refractivity contribution in [1.29, 1.82) is 0 Å². The van der Waals surface area contributed by atoms with E-state index in [0.717, 1.165) is 5.56 Å². The van der Waals surface area contributed by atoms with Crippen molar-refractivity contribution in [3.05, 3.63) is 51.3 Å². The molecular weight excluding hydrogens is 307 g/mol. The summed E-state index contributed by atoms with van der Waals surface area (Å²) in [4.78, 5) is 4.09. The fraction of sp³-hybridized carbons (Fsp3) is 0.0833. The minimum absolute atomic E-state index is 0.320. The summed E-state index contributed by atoms with van der Waals surface area (Å²) in [5, 5.41) is 3.44. The SMILES string of the molecule is Cc1ccc(F)c(Nc2ncc(Cl)cc2Br)c1. The molecule has 0 spiro atoms. The first-order valence-electron chi connectivity index (χ1n) is 4.90. The summed E-state index contributed by atoms with van der Waals surface area (Å²) in [7, 11) is 0. The van der Waals surface area contributed by atoms with Crippen LogP contribution in [0.3, 0.4) is 0 Å². The summed E-state index contributed by atoms with van der Waals surface area (Å²) >= 11 is 9.10. The van der Waals surface area contributed by atoms with E-state index in [-0.39, 0.29) is 5.82 Å². The van der Waals surface area contributed by atoms with E-state index in [2.05, 4.69) is 26.2 Å². The molecule has 0 bridgehead atoms. The number of nitrogens with zero attached hydrogens (tertiary/aromatic N) is 1. The van der Waals surface area contributed by atoms with Crippen molar-refractivity contribution in [1.82, 2.24) is 4.98 Å². The fourth-order valence-corrected chi connectivity index (χ4v) is 2.11. The number of aromatic nitrogens is 1. The standard InChI is InChI=1S/C12H9BrClFN2/c1-7-2-3-10(15)11(4-7)17-12-9(13)5-8(14)6-16-12/h2-6H,1H3,(H,16,17). The van der Waals surface area contributed by atoms with Crippen molar-refractivity contribution in [2.24, 2.45) is 0 Å². The summed E-state index contributed by atoms with van der Waals surface area (Å²) in [5.74, 6) is 0.207. The lowest BCUT2D eigenvalue weighted by Crippen LogP contribution is -1.97. The topological polar surface area (TPSA) is 24.9 Å². The third-order valence-corrected chi connectivity index (χ3v) is 2.99. The van der Waals surface area contributed by atoms with Gasteiger partial charge in [0.1, 0.15) is 11.6 Å². The second-order valence-corrected chi connectivity index (χ2v) is 4.88. The number of benzene rings is 1. The molecule has 0 aliphatic rings. The second kappa shape index (κ2) is 5.02. The molecule has 2 nitrogen and oxygen atoms in total. The van der Waals surface area contributed by atoms with Gasteiger partial charge in [0.15, 0.2) is 0 Å². The predicted octanol–water partition coefficient (Wildman–Crippen LogP) is 4.69. The number of rotatable bonds is 2. The normalized spacial score (nSPS) is 10.4. The molecule has 0 aliphatic carbocycles. The second-order valence-electron chi connectivity index (χ2n) is 3.59. The lowest BCUT2D eigenvalue weighted by molar-refractivity contribution is 0.631. The maximum Gasteiger partial charge on any atom is 0.146 e. The first-order valence-corrected chi connectivity index (χ1v) is 6.07. The van der Waals surface area contributed by atoms with Gasteiger partial charge in [-0.2, -0.15) is 0 Å². The molecule has 0 fully saturated rings. The van der Waals surface area contributed by atoms with E-state index in [1.54, 1.807) is 18.2 Å². The van der Waals surface area contributed by atoms with Crippen molar-refractivity contribution < 1.29 is 4.39 Å². The van der Waals surface area contributed by atoms with Crippen LogP contribution in [-0.2, 0) is 0 Å². The quantitative estimate of drug-likeness (QED) is 0.869. The Morgan fingerprint density at radius 2 is 2.12 bits per heavy atom. The summed E-state index contributed by atoms with van der Waals surface area (Å²) in [5.41, 5.74) is 1.36. The molecule has 2 rings (SSSR count). The van der Waals surface area contributed by atoms with E-state index in [1.807, 2.05) is 6.92 Å². The van der Waals surface area contributed by atoms with Crippen LogP contribution in [0.25, 0.3) is 0 Å². The van der Waals surface area contributed by atoms with Gasteiger partial charge in [-0.15, -0.1) is 0 Å². The molecule has 0 atom stereocenters. The van der Waals surface area contributed by atoms with Crippen LogP contribution in [0.2, 0.25) is 5.02 Å². The highest BCUT2D eigenvalue weighted by Crippen LogP contribution is 2.27. The molecule has 0 saturated carbocycles. The van der Waals surface area contributed by atoms with Crippen LogP contribution in [0.5, 0.6) is 0 Å². The number of hydrogen-bond donors (Lipinski definition) is 1. The van der Waals surface area contributed by atoms with Crippen LogP contribution < -0.4 is 5.32 Å². The van der Waals surface area contributed by atoms with E-state index < -0.39 is 0 Å². The Labute approximate surface area is 112 Å². The van der Waals surface area contributed by atoms with Crippen molar-refractivity contribution in [2.45, 2.75) is 6.92 Å². The Bertz CT molecular complexity index is 560. The smallest absolute Gasteiger partial charge is 0.146 e. The molecule has 1 aromatic carbocycles. The molecule has 1 aromatic heterocycles. The third-order valence-electron chi connectivity index (χ3n) is 2.18. The molecular formula is C12H9BrClFN2. The average molecular weight is 316 g/mol. The average Bonchev–Trinajstić information content (AvgIpc) is 2.27. The van der Waals surface area contributed by atoms with Gasteiger partial charge in [-0.25, -0.2) is 9.37 Å². The van der Waals surface area contributed by atoms with E-state index in [9.17, 15) is 4.39 Å². The molecule has 0 unspecified atom stereocenters. The van der Waals surface area contributed by atoms with Gasteiger partial charge in [0.25, 0.3) is 0 Å². The molecule has 1 heterocycles. The molecule has 0 saturated heterocycles. The zero-order valence-electron chi connectivity index (χ0n) is 8.97. The van der Waals surface area contributed by atoms with Crippen LogP contribution in [-0.4, -0.2) is 4.98 Å². The van der Waals surface area contributed by atoms with E-state index in [4.69, 9.17) is 11.6 Å². The molecule has 0 amide bonds. The predicted molar refractivity (Wildman–Crippen MR) is 71.4 cm³/mol. The Morgan fingerprint density at radius 3 is 2.82 bits per heavy atom. The Hall–Kier alpha value is -1.13. The van der Waals surface area contributed by atoms with Gasteiger partial charge in [-0.3, -0.25) is 0 Å². The first kappa shape index (κ1) is 12.3. The van der Waals surface area contributed by atoms with Gasteiger partial charge < -0.3 is 5.32 Å². The Morgan fingerprint density at radius 1 is 1.35 bits per heavy atom. The van der Waals surface area contributed by atoms with Gasteiger partial charge in [0, 0.05) is 6.20 Å². The lowest BCUT2D eigenvalue weighted by Gasteiger charge is -2.09. The number of nitrogens with one attached hydrogen (secondary N) is 1. The van der Waals surface area contributed by atoms with Crippen LogP contribution in [0, 0.1) is 12.7 Å². The third kappa shape index (κ3) is 2.96. The van der Waals surface area contributed by atoms with E-state index >= 15 is 0 Å². The summed E-state index contributed by atoms with van der Waals surface area (Å²) in [6.45, 7) is 1.90. The molecule has 5 heteroatoms. The van der Waals surface area contributed by atoms with Crippen molar-refractivity contribution in [3.63, 3.8) is 0 Å². The molecule has 0 aliphatic heterocycles. The van der Waals surface area contributed by atoms with Gasteiger partial charge in [0.2, 0.25) is 0 Å². The number of anilines is 2. The van der Waals surface area contributed by atoms with Crippen LogP contribution in [0.4, 0.5) is 15.9 Å². The van der Waals surface area contributed by atoms with Crippen molar-refractivity contribution in [2.75, 3.05) is 5.32 Å². The minimum atomic E-state index is -0.320. The van der Waals surface area contributed by atoms with Gasteiger partial charge >= 0.3 is 0 Å². The Balaban J connectivity index is 2.34. The highest BCUT2D eigenvalue weighted by Gasteiger charge is 2.06. The fourth-order valence-electron chi connectivity index (χ4n) is 1.37. The molecule has 88 valence electrons. The summed E-state index contributed by atoms with van der Waals surface area (Å²) in [6, 6.07) is 6.55. The van der Waals surface area contributed by atoms with Gasteiger partial charge in [-0.05, 0) is 46.6 Å². The number of hydrogen-bond acceptors (Lipinski definition) is 2. The van der Waals surface area contributed by atoms with Crippen molar-refractivity contribution >= 4 is 39.0 Å². The maximum atomic E-state index is 13.5. The van der Waals surface area contributed by atoms with E-state index in [1.165, 1.54) is 12.3 Å². The van der Waals surface area contributed by atoms with Crippen LogP contribution in [0.15, 0.2) is 34.9 Å². The van der Waals surface area contributed by atoms with Gasteiger partial charge in [-0.1, -0.05) is 17.7 Å². The molecule has 2 aromatic rings. The summed E-state index contributed by atoms with van der Waals surface area (Å²) < 4.78 is 14.2. The molecule has 17 heavy (non-hydrogen) atoms. The van der Waals surface area contributed by atoms with Crippen molar-refractivity contribution in [3.8, 4) is 0 Å². The first-order chi connectivity index (χ1) is 8.06. The van der Waals surface area contributed by atoms with Crippen LogP contribution in [0.1, 0.15) is 5.56 Å². The largest absolute Gasteiger partial charge is 0.337 e. The zero-order valence-corrected chi connectivity index (χ0v) is 11.3. The van der Waals surface area contributed by atoms with Crippen LogP contribution >= 0.6 is 27.5 Å². The highest BCUT2D eigenvalue weighted by molar-refractivity contribution is 9.10. The summed E-state index contributed by atoms with van der Waals surface area (Å²) in [6.07, 6.45) is 1.50. The zero-order chi connectivity index (χ0) is 12.4. The number of aryl methyl sites for hydroxylation is 1.